The van der Waals surface area contributed by atoms with Crippen LogP contribution in [0.5, 0.6) is 0 Å². The van der Waals surface area contributed by atoms with Gasteiger partial charge in [-0.15, -0.1) is 22.7 Å². The first-order chi connectivity index (χ1) is 9.76. The van der Waals surface area contributed by atoms with Crippen LogP contribution >= 0.6 is 22.7 Å². The Kier molecular flexibility index (Phi) is 3.81. The van der Waals surface area contributed by atoms with Crippen molar-refractivity contribution < 1.29 is 0 Å². The van der Waals surface area contributed by atoms with Crippen LogP contribution in [0.4, 0.5) is 11.8 Å². The van der Waals surface area contributed by atoms with Crippen molar-refractivity contribution in [2.75, 3.05) is 17.3 Å². The zero-order chi connectivity index (χ0) is 13.9. The second-order valence-corrected chi connectivity index (χ2v) is 6.64. The lowest BCUT2D eigenvalue weighted by Gasteiger charge is -2.07. The lowest BCUT2D eigenvalue weighted by Crippen LogP contribution is -2.13. The van der Waals surface area contributed by atoms with Crippen molar-refractivity contribution in [1.82, 2.24) is 9.97 Å². The molecule has 0 radical (unpaired) electrons. The van der Waals surface area contributed by atoms with E-state index in [9.17, 15) is 0 Å². The summed E-state index contributed by atoms with van der Waals surface area (Å²) in [7, 11) is 0. The summed E-state index contributed by atoms with van der Waals surface area (Å²) in [5.41, 5.74) is 2.52. The van der Waals surface area contributed by atoms with Gasteiger partial charge in [0.15, 0.2) is 0 Å². The summed E-state index contributed by atoms with van der Waals surface area (Å²) in [4.78, 5) is 12.3. The minimum atomic E-state index is 0.443. The third-order valence-electron chi connectivity index (χ3n) is 2.89. The molecule has 0 unspecified atom stereocenters. The van der Waals surface area contributed by atoms with Gasteiger partial charge in [-0.1, -0.05) is 6.07 Å². The molecule has 0 aromatic carbocycles. The van der Waals surface area contributed by atoms with Crippen molar-refractivity contribution in [3.05, 3.63) is 33.3 Å². The smallest absolute Gasteiger partial charge is 0.240 e. The number of rotatable bonds is 5. The van der Waals surface area contributed by atoms with Crippen molar-refractivity contribution in [3.8, 4) is 0 Å². The van der Waals surface area contributed by atoms with Crippen molar-refractivity contribution in [2.24, 2.45) is 5.84 Å². The largest absolute Gasteiger partial charge is 0.369 e. The molecule has 0 aliphatic rings. The Morgan fingerprint density at radius 1 is 1.35 bits per heavy atom. The molecule has 20 heavy (non-hydrogen) atoms. The maximum atomic E-state index is 5.43. The molecule has 104 valence electrons. The number of aromatic nitrogens is 2. The number of thiophene rings is 2. The SMILES string of the molecule is Cc1cc2c(NCCc3cccs3)nc(NN)nc2s1. The summed E-state index contributed by atoms with van der Waals surface area (Å²) in [6, 6.07) is 6.32. The first-order valence-electron chi connectivity index (χ1n) is 6.27. The van der Waals surface area contributed by atoms with E-state index < -0.39 is 0 Å². The van der Waals surface area contributed by atoms with Gasteiger partial charge in [-0.3, -0.25) is 5.43 Å². The van der Waals surface area contributed by atoms with E-state index in [0.29, 0.717) is 5.95 Å². The van der Waals surface area contributed by atoms with Gasteiger partial charge in [0.1, 0.15) is 10.6 Å². The molecule has 0 atom stereocenters. The van der Waals surface area contributed by atoms with Gasteiger partial charge in [0.05, 0.1) is 5.39 Å². The fourth-order valence-corrected chi connectivity index (χ4v) is 3.59. The Labute approximate surface area is 124 Å². The highest BCUT2D eigenvalue weighted by Crippen LogP contribution is 2.29. The summed E-state index contributed by atoms with van der Waals surface area (Å²) >= 11 is 3.41. The van der Waals surface area contributed by atoms with Gasteiger partial charge in [0, 0.05) is 16.3 Å². The van der Waals surface area contributed by atoms with Crippen LogP contribution in [0, 0.1) is 6.92 Å². The molecule has 0 fully saturated rings. The van der Waals surface area contributed by atoms with E-state index >= 15 is 0 Å². The van der Waals surface area contributed by atoms with Crippen LogP contribution < -0.4 is 16.6 Å². The van der Waals surface area contributed by atoms with E-state index in [1.54, 1.807) is 22.7 Å². The monoisotopic (exact) mass is 305 g/mol. The van der Waals surface area contributed by atoms with Crippen LogP contribution in [-0.2, 0) is 6.42 Å². The molecule has 3 rings (SSSR count). The number of nitrogen functional groups attached to an aromatic ring is 1. The lowest BCUT2D eigenvalue weighted by atomic mass is 10.3. The van der Waals surface area contributed by atoms with E-state index in [1.807, 2.05) is 0 Å². The molecule has 3 aromatic rings. The number of fused-ring (bicyclic) bond motifs is 1. The molecular weight excluding hydrogens is 290 g/mol. The molecule has 0 bridgehead atoms. The Morgan fingerprint density at radius 3 is 3.00 bits per heavy atom. The van der Waals surface area contributed by atoms with Crippen LogP contribution in [0.25, 0.3) is 10.2 Å². The van der Waals surface area contributed by atoms with Gasteiger partial charge >= 0.3 is 0 Å². The normalized spacial score (nSPS) is 10.9. The number of hydrogen-bond donors (Lipinski definition) is 3. The molecule has 5 nitrogen and oxygen atoms in total. The minimum Gasteiger partial charge on any atom is -0.369 e. The summed E-state index contributed by atoms with van der Waals surface area (Å²) < 4.78 is 0. The topological polar surface area (TPSA) is 75.9 Å². The number of hydrazine groups is 1. The van der Waals surface area contributed by atoms with E-state index in [4.69, 9.17) is 5.84 Å². The van der Waals surface area contributed by atoms with Crippen LogP contribution in [0.3, 0.4) is 0 Å². The highest BCUT2D eigenvalue weighted by atomic mass is 32.1. The number of aryl methyl sites for hydroxylation is 1. The molecule has 4 N–H and O–H groups in total. The third-order valence-corrected chi connectivity index (χ3v) is 4.77. The molecule has 0 amide bonds. The van der Waals surface area contributed by atoms with Crippen molar-refractivity contribution in [3.63, 3.8) is 0 Å². The average molecular weight is 305 g/mol. The lowest BCUT2D eigenvalue weighted by molar-refractivity contribution is 1.03. The first-order valence-corrected chi connectivity index (χ1v) is 7.97. The summed E-state index contributed by atoms with van der Waals surface area (Å²) in [5, 5.41) is 6.53. The molecular formula is C13H15N5S2. The van der Waals surface area contributed by atoms with Crippen molar-refractivity contribution >= 4 is 44.7 Å². The zero-order valence-electron chi connectivity index (χ0n) is 11.0. The Morgan fingerprint density at radius 2 is 2.25 bits per heavy atom. The van der Waals surface area contributed by atoms with E-state index in [2.05, 4.69) is 51.2 Å². The van der Waals surface area contributed by atoms with Crippen molar-refractivity contribution in [2.45, 2.75) is 13.3 Å². The second kappa shape index (κ2) is 5.74. The third kappa shape index (κ3) is 2.74. The zero-order valence-corrected chi connectivity index (χ0v) is 12.6. The second-order valence-electron chi connectivity index (χ2n) is 4.37. The molecule has 0 aliphatic heterocycles. The van der Waals surface area contributed by atoms with Crippen LogP contribution in [-0.4, -0.2) is 16.5 Å². The maximum Gasteiger partial charge on any atom is 0.240 e. The molecule has 0 spiro atoms. The van der Waals surface area contributed by atoms with Crippen LogP contribution in [0.1, 0.15) is 9.75 Å². The quantitative estimate of drug-likeness (QED) is 0.499. The van der Waals surface area contributed by atoms with Gasteiger partial charge in [0.2, 0.25) is 5.95 Å². The standard InChI is InChI=1S/C13H15N5S2/c1-8-7-10-11(15-5-4-9-3-2-6-19-9)16-13(18-14)17-12(10)20-8/h2-3,6-7H,4-5,14H2,1H3,(H2,15,16,17,18). The van der Waals surface area contributed by atoms with Crippen LogP contribution in [0.2, 0.25) is 0 Å². The predicted octanol–water partition coefficient (Wildman–Crippen LogP) is 3.00. The van der Waals surface area contributed by atoms with E-state index in [1.165, 1.54) is 9.75 Å². The Bertz CT molecular complexity index is 705. The van der Waals surface area contributed by atoms with Gasteiger partial charge in [-0.25, -0.2) is 10.8 Å². The molecule has 0 aliphatic carbocycles. The minimum absolute atomic E-state index is 0.443. The van der Waals surface area contributed by atoms with Crippen LogP contribution in [0.15, 0.2) is 23.6 Å². The fraction of sp³-hybridized carbons (Fsp3) is 0.231. The predicted molar refractivity (Wildman–Crippen MR) is 86.5 cm³/mol. The van der Waals surface area contributed by atoms with E-state index in [-0.39, 0.29) is 0 Å². The molecule has 7 heteroatoms. The van der Waals surface area contributed by atoms with E-state index in [0.717, 1.165) is 29.0 Å². The Hall–Kier alpha value is -1.70. The van der Waals surface area contributed by atoms with Crippen molar-refractivity contribution in [1.29, 1.82) is 0 Å². The summed E-state index contributed by atoms with van der Waals surface area (Å²) in [5.74, 6) is 6.71. The number of nitrogens with zero attached hydrogens (tertiary/aromatic N) is 2. The highest BCUT2D eigenvalue weighted by molar-refractivity contribution is 7.18. The summed E-state index contributed by atoms with van der Waals surface area (Å²) in [6.45, 7) is 2.91. The van der Waals surface area contributed by atoms with Gasteiger partial charge in [-0.05, 0) is 30.9 Å². The molecule has 0 saturated heterocycles. The average Bonchev–Trinajstić information content (AvgIpc) is 3.06. The highest BCUT2D eigenvalue weighted by Gasteiger charge is 2.09. The number of nitrogens with two attached hydrogens (primary N) is 1. The number of nitrogens with one attached hydrogen (secondary N) is 2. The number of anilines is 2. The Balaban J connectivity index is 1.81. The first kappa shape index (κ1) is 13.3. The molecule has 3 heterocycles. The van der Waals surface area contributed by atoms with Gasteiger partial charge in [0.25, 0.3) is 0 Å². The van der Waals surface area contributed by atoms with Gasteiger partial charge in [-0.2, -0.15) is 4.98 Å². The fourth-order valence-electron chi connectivity index (χ4n) is 2.00. The molecule has 0 saturated carbocycles. The van der Waals surface area contributed by atoms with Gasteiger partial charge < -0.3 is 5.32 Å². The molecule has 3 aromatic heterocycles. The maximum absolute atomic E-state index is 5.43. The summed E-state index contributed by atoms with van der Waals surface area (Å²) in [6.07, 6.45) is 0.984. The number of hydrogen-bond acceptors (Lipinski definition) is 7.